The van der Waals surface area contributed by atoms with Crippen molar-refractivity contribution in [3.05, 3.63) is 95.3 Å². The Labute approximate surface area is 239 Å². The smallest absolute Gasteiger partial charge is 0.416 e. The van der Waals surface area contributed by atoms with E-state index in [0.717, 1.165) is 23.7 Å². The molecule has 0 fully saturated rings. The van der Waals surface area contributed by atoms with E-state index in [1.165, 1.54) is 24.3 Å². The Kier molecular flexibility index (Phi) is 12.8. The normalized spacial score (nSPS) is 12.6. The molecule has 41 heavy (non-hydrogen) atoms. The minimum absolute atomic E-state index is 0.175. The van der Waals surface area contributed by atoms with Crippen LogP contribution in [0.25, 0.3) is 0 Å². The van der Waals surface area contributed by atoms with E-state index in [4.69, 9.17) is 9.84 Å². The van der Waals surface area contributed by atoms with Crippen molar-refractivity contribution >= 4 is 18.1 Å². The summed E-state index contributed by atoms with van der Waals surface area (Å²) in [6.07, 6.45) is 0.377. The van der Waals surface area contributed by atoms with Crippen LogP contribution in [0.1, 0.15) is 53.7 Å². The Bertz CT molecular complexity index is 1200. The number of anilines is 1. The van der Waals surface area contributed by atoms with Gasteiger partial charge in [0.25, 0.3) is 6.47 Å². The first-order chi connectivity index (χ1) is 19.4. The van der Waals surface area contributed by atoms with Gasteiger partial charge >= 0.3 is 12.1 Å². The standard InChI is InChI=1S/C26H33F3N2O4.C5H5N/c1-5-13-31(16-21-15-22(26(27,28)29)9-6-19(21)2)14-12-25(3,35-18-32)17-30(4)23-10-7-20(8-11-23)24(33)34;1-2-4-6-5-3-1/h6-11,15,18H,5,12-14,16-17H2,1-4H3,(H,33,34);1-5H. The van der Waals surface area contributed by atoms with Gasteiger partial charge in [0.05, 0.1) is 17.7 Å². The van der Waals surface area contributed by atoms with E-state index < -0.39 is 23.3 Å². The topological polar surface area (TPSA) is 83.0 Å². The molecule has 1 heterocycles. The van der Waals surface area contributed by atoms with Gasteiger partial charge in [0.1, 0.15) is 5.60 Å². The lowest BCUT2D eigenvalue weighted by Crippen LogP contribution is -2.44. The number of aromatic carboxylic acids is 1. The molecule has 0 aliphatic heterocycles. The molecule has 1 unspecified atom stereocenters. The Morgan fingerprint density at radius 1 is 1.05 bits per heavy atom. The first kappa shape index (κ1) is 33.3. The molecule has 3 aromatic rings. The molecular weight excluding hydrogens is 535 g/mol. The molecule has 0 saturated heterocycles. The number of carboxylic acids is 1. The van der Waals surface area contributed by atoms with Crippen molar-refractivity contribution < 1.29 is 32.6 Å². The first-order valence-electron chi connectivity index (χ1n) is 13.3. The lowest BCUT2D eigenvalue weighted by molar-refractivity contribution is -0.142. The molecule has 1 aromatic heterocycles. The molecule has 0 aliphatic rings. The van der Waals surface area contributed by atoms with Gasteiger partial charge in [0.2, 0.25) is 0 Å². The highest BCUT2D eigenvalue weighted by atomic mass is 19.4. The zero-order chi connectivity index (χ0) is 30.5. The minimum Gasteiger partial charge on any atom is -0.478 e. The Balaban J connectivity index is 0.000000864. The second-order valence-corrected chi connectivity index (χ2v) is 10.1. The van der Waals surface area contributed by atoms with Crippen LogP contribution < -0.4 is 4.90 Å². The fraction of sp³-hybridized carbons (Fsp3) is 0.387. The molecule has 10 heteroatoms. The van der Waals surface area contributed by atoms with Crippen molar-refractivity contribution in [3.63, 3.8) is 0 Å². The number of likely N-dealkylation sites (N-methyl/N-ethyl adjacent to an activating group) is 1. The van der Waals surface area contributed by atoms with Crippen LogP contribution >= 0.6 is 0 Å². The van der Waals surface area contributed by atoms with Crippen LogP contribution in [-0.4, -0.2) is 59.7 Å². The highest BCUT2D eigenvalue weighted by Gasteiger charge is 2.31. The second-order valence-electron chi connectivity index (χ2n) is 10.1. The van der Waals surface area contributed by atoms with Crippen LogP contribution in [0.3, 0.4) is 0 Å². The fourth-order valence-electron chi connectivity index (χ4n) is 4.30. The SMILES string of the molecule is CCCN(CCC(C)(CN(C)c1ccc(C(=O)O)cc1)OC=O)Cc1cc(C(F)(F)F)ccc1C.c1ccncc1. The third-order valence-electron chi connectivity index (χ3n) is 6.59. The number of alkyl halides is 3. The Morgan fingerprint density at radius 2 is 1.71 bits per heavy atom. The average molecular weight is 574 g/mol. The number of ether oxygens (including phenoxy) is 1. The summed E-state index contributed by atoms with van der Waals surface area (Å²) in [4.78, 5) is 30.1. The van der Waals surface area contributed by atoms with Crippen molar-refractivity contribution in [1.29, 1.82) is 0 Å². The van der Waals surface area contributed by atoms with E-state index in [9.17, 15) is 22.8 Å². The summed E-state index contributed by atoms with van der Waals surface area (Å²) in [7, 11) is 1.82. The van der Waals surface area contributed by atoms with Crippen LogP contribution in [0, 0.1) is 6.92 Å². The summed E-state index contributed by atoms with van der Waals surface area (Å²) in [6.45, 7) is 7.91. The number of halogens is 3. The zero-order valence-electron chi connectivity index (χ0n) is 23.9. The molecule has 0 amide bonds. The van der Waals surface area contributed by atoms with Crippen LogP contribution in [0.2, 0.25) is 0 Å². The van der Waals surface area contributed by atoms with Crippen molar-refractivity contribution in [1.82, 2.24) is 9.88 Å². The quantitative estimate of drug-likeness (QED) is 0.235. The molecule has 222 valence electrons. The van der Waals surface area contributed by atoms with Gasteiger partial charge in [-0.2, -0.15) is 13.2 Å². The number of rotatable bonds is 13. The third-order valence-corrected chi connectivity index (χ3v) is 6.59. The van der Waals surface area contributed by atoms with Gasteiger partial charge in [-0.05, 0) is 86.5 Å². The molecular formula is C31H38F3N3O4. The van der Waals surface area contributed by atoms with E-state index in [0.29, 0.717) is 44.6 Å². The fourth-order valence-corrected chi connectivity index (χ4v) is 4.30. The van der Waals surface area contributed by atoms with Gasteiger partial charge < -0.3 is 14.7 Å². The summed E-state index contributed by atoms with van der Waals surface area (Å²) in [5.74, 6) is -1.01. The summed E-state index contributed by atoms with van der Waals surface area (Å²) in [5.41, 5.74) is 0.808. The number of aryl methyl sites for hydroxylation is 1. The van der Waals surface area contributed by atoms with Crippen LogP contribution in [0.4, 0.5) is 18.9 Å². The van der Waals surface area contributed by atoms with Gasteiger partial charge in [0, 0.05) is 44.6 Å². The molecule has 2 aromatic carbocycles. The second kappa shape index (κ2) is 15.8. The Hall–Kier alpha value is -3.92. The molecule has 0 radical (unpaired) electrons. The summed E-state index contributed by atoms with van der Waals surface area (Å²) in [5, 5.41) is 9.08. The Morgan fingerprint density at radius 3 is 2.20 bits per heavy atom. The number of carbonyl (C=O) groups is 2. The number of pyridine rings is 1. The average Bonchev–Trinajstić information content (AvgIpc) is 2.94. The van der Waals surface area contributed by atoms with Crippen molar-refractivity contribution in [3.8, 4) is 0 Å². The lowest BCUT2D eigenvalue weighted by Gasteiger charge is -2.35. The van der Waals surface area contributed by atoms with Crippen molar-refractivity contribution in [2.75, 3.05) is 31.6 Å². The maximum Gasteiger partial charge on any atom is 0.416 e. The molecule has 1 N–H and O–H groups in total. The largest absolute Gasteiger partial charge is 0.478 e. The number of hydrogen-bond acceptors (Lipinski definition) is 6. The van der Waals surface area contributed by atoms with E-state index in [1.807, 2.05) is 44.0 Å². The molecule has 1 atom stereocenters. The zero-order valence-corrected chi connectivity index (χ0v) is 23.9. The minimum atomic E-state index is -4.40. The highest BCUT2D eigenvalue weighted by Crippen LogP contribution is 2.31. The van der Waals surface area contributed by atoms with Crippen LogP contribution in [-0.2, 0) is 22.3 Å². The van der Waals surface area contributed by atoms with E-state index in [-0.39, 0.29) is 5.56 Å². The molecule has 3 rings (SSSR count). The highest BCUT2D eigenvalue weighted by molar-refractivity contribution is 5.88. The number of hydrogen-bond donors (Lipinski definition) is 1. The van der Waals surface area contributed by atoms with Gasteiger partial charge in [-0.1, -0.05) is 19.1 Å². The number of carbonyl (C=O) groups excluding carboxylic acids is 1. The maximum absolute atomic E-state index is 13.2. The summed E-state index contributed by atoms with van der Waals surface area (Å²) in [6, 6.07) is 15.9. The predicted molar refractivity (Wildman–Crippen MR) is 153 cm³/mol. The molecule has 0 spiro atoms. The third kappa shape index (κ3) is 11.2. The summed E-state index contributed by atoms with van der Waals surface area (Å²) < 4.78 is 45.1. The van der Waals surface area contributed by atoms with E-state index in [2.05, 4.69) is 9.88 Å². The lowest BCUT2D eigenvalue weighted by atomic mass is 9.99. The summed E-state index contributed by atoms with van der Waals surface area (Å²) >= 11 is 0. The number of aromatic nitrogens is 1. The van der Waals surface area contributed by atoms with Crippen LogP contribution in [0.15, 0.2) is 73.1 Å². The van der Waals surface area contributed by atoms with Crippen LogP contribution in [0.5, 0.6) is 0 Å². The molecule has 7 nitrogen and oxygen atoms in total. The first-order valence-corrected chi connectivity index (χ1v) is 13.3. The monoisotopic (exact) mass is 573 g/mol. The molecule has 0 saturated carbocycles. The van der Waals surface area contributed by atoms with Gasteiger partial charge in [-0.3, -0.25) is 14.7 Å². The maximum atomic E-state index is 13.2. The number of benzene rings is 2. The molecule has 0 bridgehead atoms. The molecule has 0 aliphatic carbocycles. The van der Waals surface area contributed by atoms with Crippen molar-refractivity contribution in [2.45, 2.75) is 51.9 Å². The van der Waals surface area contributed by atoms with Gasteiger partial charge in [-0.15, -0.1) is 0 Å². The number of nitrogens with zero attached hydrogens (tertiary/aromatic N) is 3. The van der Waals surface area contributed by atoms with Gasteiger partial charge in [-0.25, -0.2) is 4.79 Å². The predicted octanol–water partition coefficient (Wildman–Crippen LogP) is 6.46. The number of carboxylic acid groups (broad SMARTS) is 1. The van der Waals surface area contributed by atoms with Gasteiger partial charge in [0.15, 0.2) is 0 Å². The van der Waals surface area contributed by atoms with E-state index >= 15 is 0 Å². The van der Waals surface area contributed by atoms with E-state index in [1.54, 1.807) is 31.5 Å². The van der Waals surface area contributed by atoms with Crippen molar-refractivity contribution in [2.24, 2.45) is 0 Å².